The van der Waals surface area contributed by atoms with Crippen LogP contribution >= 0.6 is 11.6 Å². The third kappa shape index (κ3) is 4.83. The van der Waals surface area contributed by atoms with Gasteiger partial charge in [-0.2, -0.15) is 13.2 Å². The standard InChI is InChI=1S/C18H15ClF3N5O2/c1-17(2,29-13-5-3-4-12(9-13)27-10-23-25-26-27)16(28)24-11-6-7-15(19)14(8-11)18(20,21)22/h3-10H,1-2H3,(H,24,28). The second-order valence-corrected chi connectivity index (χ2v) is 6.92. The second kappa shape index (κ2) is 7.70. The van der Waals surface area contributed by atoms with E-state index in [4.69, 9.17) is 16.3 Å². The van der Waals surface area contributed by atoms with Crippen LogP contribution in [0.2, 0.25) is 5.02 Å². The minimum atomic E-state index is -4.64. The zero-order chi connectivity index (χ0) is 21.2. The fourth-order valence-electron chi connectivity index (χ4n) is 2.41. The van der Waals surface area contributed by atoms with Gasteiger partial charge in [0.2, 0.25) is 0 Å². The third-order valence-electron chi connectivity index (χ3n) is 3.88. The number of hydrogen-bond donors (Lipinski definition) is 1. The van der Waals surface area contributed by atoms with Crippen LogP contribution in [-0.4, -0.2) is 31.7 Å². The fraction of sp³-hybridized carbons (Fsp3) is 0.222. The van der Waals surface area contributed by atoms with E-state index in [0.29, 0.717) is 11.4 Å². The molecule has 0 spiro atoms. The molecule has 0 saturated carbocycles. The van der Waals surface area contributed by atoms with Crippen molar-refractivity contribution in [1.82, 2.24) is 20.2 Å². The zero-order valence-electron chi connectivity index (χ0n) is 15.2. The minimum Gasteiger partial charge on any atom is -0.478 e. The molecule has 1 heterocycles. The van der Waals surface area contributed by atoms with Gasteiger partial charge in [-0.3, -0.25) is 4.79 Å². The first kappa shape index (κ1) is 20.6. The predicted molar refractivity (Wildman–Crippen MR) is 98.9 cm³/mol. The van der Waals surface area contributed by atoms with Crippen molar-refractivity contribution in [3.8, 4) is 11.4 Å². The number of tetrazole rings is 1. The summed E-state index contributed by atoms with van der Waals surface area (Å²) in [5, 5.41) is 12.8. The first-order valence-electron chi connectivity index (χ1n) is 8.27. The van der Waals surface area contributed by atoms with Gasteiger partial charge in [0.25, 0.3) is 5.91 Å². The highest BCUT2D eigenvalue weighted by Crippen LogP contribution is 2.36. The molecule has 0 aliphatic rings. The highest BCUT2D eigenvalue weighted by Gasteiger charge is 2.34. The Morgan fingerprint density at radius 3 is 2.59 bits per heavy atom. The Morgan fingerprint density at radius 2 is 1.93 bits per heavy atom. The molecule has 7 nitrogen and oxygen atoms in total. The molecule has 0 aliphatic heterocycles. The van der Waals surface area contributed by atoms with Crippen molar-refractivity contribution in [2.45, 2.75) is 25.6 Å². The van der Waals surface area contributed by atoms with Gasteiger partial charge in [-0.05, 0) is 54.6 Å². The van der Waals surface area contributed by atoms with Crippen LogP contribution in [-0.2, 0) is 11.0 Å². The lowest BCUT2D eigenvalue weighted by Crippen LogP contribution is -2.42. The fourth-order valence-corrected chi connectivity index (χ4v) is 2.64. The van der Waals surface area contributed by atoms with Crippen molar-refractivity contribution in [1.29, 1.82) is 0 Å². The summed E-state index contributed by atoms with van der Waals surface area (Å²) in [6, 6.07) is 9.81. The number of nitrogens with one attached hydrogen (secondary N) is 1. The Balaban J connectivity index is 1.76. The summed E-state index contributed by atoms with van der Waals surface area (Å²) in [5.74, 6) is -0.286. The first-order chi connectivity index (χ1) is 13.6. The number of carbonyl (C=O) groups is 1. The summed E-state index contributed by atoms with van der Waals surface area (Å²) < 4.78 is 46.2. The lowest BCUT2D eigenvalue weighted by molar-refractivity contribution is -0.137. The second-order valence-electron chi connectivity index (χ2n) is 6.51. The van der Waals surface area contributed by atoms with Gasteiger partial charge in [0.1, 0.15) is 12.1 Å². The van der Waals surface area contributed by atoms with E-state index in [1.165, 1.54) is 30.9 Å². The van der Waals surface area contributed by atoms with Crippen molar-refractivity contribution in [2.75, 3.05) is 5.32 Å². The molecule has 0 unspecified atom stereocenters. The Hall–Kier alpha value is -3.14. The SMILES string of the molecule is CC(C)(Oc1cccc(-n2cnnn2)c1)C(=O)Nc1ccc(Cl)c(C(F)(F)F)c1. The zero-order valence-corrected chi connectivity index (χ0v) is 16.0. The Kier molecular flexibility index (Phi) is 5.47. The normalized spacial score (nSPS) is 11.9. The molecule has 0 fully saturated rings. The number of rotatable bonds is 5. The molecule has 3 aromatic rings. The Morgan fingerprint density at radius 1 is 1.17 bits per heavy atom. The number of nitrogens with zero attached hydrogens (tertiary/aromatic N) is 4. The smallest absolute Gasteiger partial charge is 0.417 e. The first-order valence-corrected chi connectivity index (χ1v) is 8.65. The third-order valence-corrected chi connectivity index (χ3v) is 4.21. The molecule has 11 heteroatoms. The number of carbonyl (C=O) groups excluding carboxylic acids is 1. The van der Waals surface area contributed by atoms with Crippen molar-refractivity contribution >= 4 is 23.2 Å². The largest absolute Gasteiger partial charge is 0.478 e. The van der Waals surface area contributed by atoms with E-state index in [-0.39, 0.29) is 5.69 Å². The van der Waals surface area contributed by atoms with E-state index in [1.807, 2.05) is 0 Å². The van der Waals surface area contributed by atoms with Crippen LogP contribution in [0.4, 0.5) is 18.9 Å². The monoisotopic (exact) mass is 425 g/mol. The minimum absolute atomic E-state index is 0.0501. The summed E-state index contributed by atoms with van der Waals surface area (Å²) in [6.45, 7) is 2.99. The number of benzene rings is 2. The molecule has 152 valence electrons. The lowest BCUT2D eigenvalue weighted by Gasteiger charge is -2.25. The molecule has 3 rings (SSSR count). The molecule has 1 N–H and O–H groups in total. The van der Waals surface area contributed by atoms with Crippen LogP contribution in [0.5, 0.6) is 5.75 Å². The molecule has 0 bridgehead atoms. The molecule has 2 aromatic carbocycles. The van der Waals surface area contributed by atoms with Crippen LogP contribution in [0.3, 0.4) is 0 Å². The van der Waals surface area contributed by atoms with Gasteiger partial charge < -0.3 is 10.1 Å². The number of aromatic nitrogens is 4. The molecule has 1 amide bonds. The molecule has 0 atom stereocenters. The number of amides is 1. The topological polar surface area (TPSA) is 81.9 Å². The Labute approximate surface area is 168 Å². The molecule has 0 saturated heterocycles. The van der Waals surface area contributed by atoms with Gasteiger partial charge >= 0.3 is 6.18 Å². The van der Waals surface area contributed by atoms with Gasteiger partial charge in [0, 0.05) is 11.8 Å². The van der Waals surface area contributed by atoms with E-state index in [0.717, 1.165) is 12.1 Å². The van der Waals surface area contributed by atoms with Crippen LogP contribution < -0.4 is 10.1 Å². The maximum Gasteiger partial charge on any atom is 0.417 e. The highest BCUT2D eigenvalue weighted by molar-refractivity contribution is 6.31. The summed E-state index contributed by atoms with van der Waals surface area (Å²) in [7, 11) is 0. The van der Waals surface area contributed by atoms with Gasteiger partial charge in [-0.1, -0.05) is 17.7 Å². The maximum absolute atomic E-state index is 13.0. The molecule has 1 aromatic heterocycles. The van der Waals surface area contributed by atoms with Crippen LogP contribution in [0.15, 0.2) is 48.8 Å². The summed E-state index contributed by atoms with van der Waals surface area (Å²) >= 11 is 5.60. The predicted octanol–water partition coefficient (Wildman–Crippen LogP) is 4.13. The van der Waals surface area contributed by atoms with E-state index in [2.05, 4.69) is 20.8 Å². The van der Waals surface area contributed by atoms with Crippen molar-refractivity contribution in [3.05, 3.63) is 59.4 Å². The summed E-state index contributed by atoms with van der Waals surface area (Å²) in [6.07, 6.45) is -3.24. The van der Waals surface area contributed by atoms with Crippen LogP contribution in [0, 0.1) is 0 Å². The van der Waals surface area contributed by atoms with Crippen molar-refractivity contribution in [2.24, 2.45) is 0 Å². The number of alkyl halides is 3. The van der Waals surface area contributed by atoms with E-state index < -0.39 is 28.3 Å². The molecular formula is C18H15ClF3N5O2. The number of hydrogen-bond acceptors (Lipinski definition) is 5. The lowest BCUT2D eigenvalue weighted by atomic mass is 10.1. The van der Waals surface area contributed by atoms with Gasteiger partial charge in [-0.25, -0.2) is 4.68 Å². The van der Waals surface area contributed by atoms with E-state index >= 15 is 0 Å². The van der Waals surface area contributed by atoms with Crippen molar-refractivity contribution in [3.63, 3.8) is 0 Å². The van der Waals surface area contributed by atoms with Crippen LogP contribution in [0.25, 0.3) is 5.69 Å². The van der Waals surface area contributed by atoms with Gasteiger partial charge in [-0.15, -0.1) is 5.10 Å². The quantitative estimate of drug-likeness (QED) is 0.664. The average molecular weight is 426 g/mol. The van der Waals surface area contributed by atoms with Crippen LogP contribution in [0.1, 0.15) is 19.4 Å². The molecule has 0 aliphatic carbocycles. The van der Waals surface area contributed by atoms with Gasteiger partial charge in [0.05, 0.1) is 16.3 Å². The number of anilines is 1. The number of halogens is 4. The molecule has 29 heavy (non-hydrogen) atoms. The maximum atomic E-state index is 13.0. The summed E-state index contributed by atoms with van der Waals surface area (Å²) in [4.78, 5) is 12.6. The number of ether oxygens (including phenoxy) is 1. The average Bonchev–Trinajstić information content (AvgIpc) is 3.17. The van der Waals surface area contributed by atoms with Gasteiger partial charge in [0.15, 0.2) is 5.60 Å². The highest BCUT2D eigenvalue weighted by atomic mass is 35.5. The van der Waals surface area contributed by atoms with E-state index in [1.54, 1.807) is 24.3 Å². The van der Waals surface area contributed by atoms with E-state index in [9.17, 15) is 18.0 Å². The Bertz CT molecular complexity index is 1020. The van der Waals surface area contributed by atoms with Crippen molar-refractivity contribution < 1.29 is 22.7 Å². The summed E-state index contributed by atoms with van der Waals surface area (Å²) in [5.41, 5.74) is -1.87. The molecule has 0 radical (unpaired) electrons. The molecular weight excluding hydrogens is 411 g/mol.